The lowest BCUT2D eigenvalue weighted by Gasteiger charge is -2.27. The molecule has 1 heterocycles. The molecule has 0 bridgehead atoms. The summed E-state index contributed by atoms with van der Waals surface area (Å²) in [7, 11) is 1.88. The zero-order valence-electron chi connectivity index (χ0n) is 10.7. The molecule has 0 aliphatic rings. The van der Waals surface area contributed by atoms with Crippen LogP contribution >= 0.6 is 11.6 Å². The third-order valence-corrected chi connectivity index (χ3v) is 2.71. The van der Waals surface area contributed by atoms with E-state index in [-0.39, 0.29) is 5.28 Å². The van der Waals surface area contributed by atoms with Crippen molar-refractivity contribution in [1.29, 1.82) is 0 Å². The summed E-state index contributed by atoms with van der Waals surface area (Å²) in [5.74, 6) is 0.729. The fraction of sp³-hybridized carbons (Fsp3) is 0.385. The molecule has 2 aromatic rings. The quantitative estimate of drug-likeness (QED) is 0.867. The van der Waals surface area contributed by atoms with Crippen molar-refractivity contribution in [3.8, 4) is 0 Å². The van der Waals surface area contributed by atoms with Crippen LogP contribution in [0.1, 0.15) is 13.8 Å². The van der Waals surface area contributed by atoms with E-state index < -0.39 is 5.60 Å². The predicted molar refractivity (Wildman–Crippen MR) is 74.1 cm³/mol. The monoisotopic (exact) mass is 265 g/mol. The van der Waals surface area contributed by atoms with Crippen molar-refractivity contribution < 1.29 is 5.11 Å². The highest BCUT2D eigenvalue weighted by Crippen LogP contribution is 2.25. The maximum Gasteiger partial charge on any atom is 0.224 e. The molecule has 4 nitrogen and oxygen atoms in total. The molecule has 0 spiro atoms. The Morgan fingerprint density at radius 1 is 1.28 bits per heavy atom. The first kappa shape index (κ1) is 13.1. The number of likely N-dealkylation sites (N-methyl/N-ethyl adjacent to an activating group) is 1. The van der Waals surface area contributed by atoms with E-state index >= 15 is 0 Å². The van der Waals surface area contributed by atoms with Crippen LogP contribution in [0.15, 0.2) is 24.3 Å². The van der Waals surface area contributed by atoms with E-state index in [9.17, 15) is 5.11 Å². The van der Waals surface area contributed by atoms with Gasteiger partial charge in [0, 0.05) is 19.0 Å². The molecule has 0 amide bonds. The highest BCUT2D eigenvalue weighted by Gasteiger charge is 2.18. The van der Waals surface area contributed by atoms with Crippen LogP contribution in [0.3, 0.4) is 0 Å². The van der Waals surface area contributed by atoms with E-state index in [2.05, 4.69) is 9.97 Å². The van der Waals surface area contributed by atoms with Crippen LogP contribution in [0.25, 0.3) is 10.9 Å². The van der Waals surface area contributed by atoms with Gasteiger partial charge in [-0.3, -0.25) is 0 Å². The lowest BCUT2D eigenvalue weighted by molar-refractivity contribution is 0.0885. The van der Waals surface area contributed by atoms with Crippen LogP contribution in [0.2, 0.25) is 5.28 Å². The van der Waals surface area contributed by atoms with Crippen LogP contribution in [0.5, 0.6) is 0 Å². The second kappa shape index (κ2) is 4.71. The highest BCUT2D eigenvalue weighted by atomic mass is 35.5. The summed E-state index contributed by atoms with van der Waals surface area (Å²) in [5, 5.41) is 11.0. The Balaban J connectivity index is 2.49. The first-order chi connectivity index (χ1) is 8.37. The third-order valence-electron chi connectivity index (χ3n) is 2.54. The van der Waals surface area contributed by atoms with Crippen LogP contribution in [-0.4, -0.2) is 34.3 Å². The van der Waals surface area contributed by atoms with Crippen molar-refractivity contribution in [2.75, 3.05) is 18.5 Å². The summed E-state index contributed by atoms with van der Waals surface area (Å²) in [6.45, 7) is 3.98. The Kier molecular flexibility index (Phi) is 3.41. The molecule has 0 atom stereocenters. The number of nitrogens with zero attached hydrogens (tertiary/aromatic N) is 3. The molecule has 0 fully saturated rings. The molecule has 1 N–H and O–H groups in total. The number of hydrogen-bond donors (Lipinski definition) is 1. The Morgan fingerprint density at radius 3 is 2.61 bits per heavy atom. The van der Waals surface area contributed by atoms with E-state index in [0.29, 0.717) is 6.54 Å². The molecular formula is C13H16ClN3O. The lowest BCUT2D eigenvalue weighted by Crippen LogP contribution is -2.36. The van der Waals surface area contributed by atoms with Gasteiger partial charge in [-0.15, -0.1) is 0 Å². The molecule has 5 heteroatoms. The predicted octanol–water partition coefficient (Wildman–Crippen LogP) is 2.49. The topological polar surface area (TPSA) is 49.2 Å². The molecule has 0 aliphatic carbocycles. The molecule has 18 heavy (non-hydrogen) atoms. The Bertz CT molecular complexity index is 566. The minimum atomic E-state index is -0.798. The van der Waals surface area contributed by atoms with E-state index in [1.807, 2.05) is 36.2 Å². The van der Waals surface area contributed by atoms with Crippen molar-refractivity contribution in [2.45, 2.75) is 19.4 Å². The van der Waals surface area contributed by atoms with Gasteiger partial charge in [0.15, 0.2) is 0 Å². The average molecular weight is 266 g/mol. The smallest absolute Gasteiger partial charge is 0.224 e. The SMILES string of the molecule is CN(CC(C)(C)O)c1nc(Cl)nc2ccccc12. The first-order valence-corrected chi connectivity index (χ1v) is 6.10. The van der Waals surface area contributed by atoms with E-state index in [1.54, 1.807) is 13.8 Å². The Hall–Kier alpha value is -1.39. The number of fused-ring (bicyclic) bond motifs is 1. The van der Waals surface area contributed by atoms with Crippen LogP contribution in [0, 0.1) is 0 Å². The largest absolute Gasteiger partial charge is 0.389 e. The zero-order chi connectivity index (χ0) is 13.3. The van der Waals surface area contributed by atoms with Crippen LogP contribution in [0.4, 0.5) is 5.82 Å². The number of aliphatic hydroxyl groups is 1. The van der Waals surface area contributed by atoms with Gasteiger partial charge in [-0.2, -0.15) is 4.98 Å². The fourth-order valence-corrected chi connectivity index (χ4v) is 2.15. The van der Waals surface area contributed by atoms with Crippen molar-refractivity contribution in [3.05, 3.63) is 29.5 Å². The maximum atomic E-state index is 9.87. The van der Waals surface area contributed by atoms with Gasteiger partial charge in [0.25, 0.3) is 0 Å². The van der Waals surface area contributed by atoms with E-state index in [4.69, 9.17) is 11.6 Å². The third kappa shape index (κ3) is 2.89. The minimum Gasteiger partial charge on any atom is -0.389 e. The average Bonchev–Trinajstić information content (AvgIpc) is 2.25. The van der Waals surface area contributed by atoms with Crippen molar-refractivity contribution >= 4 is 28.3 Å². The summed E-state index contributed by atoms with van der Waals surface area (Å²) >= 11 is 5.93. The van der Waals surface area contributed by atoms with E-state index in [0.717, 1.165) is 16.7 Å². The van der Waals surface area contributed by atoms with Crippen molar-refractivity contribution in [3.63, 3.8) is 0 Å². The Morgan fingerprint density at radius 2 is 1.94 bits per heavy atom. The van der Waals surface area contributed by atoms with Gasteiger partial charge >= 0.3 is 0 Å². The highest BCUT2D eigenvalue weighted by molar-refractivity contribution is 6.28. The first-order valence-electron chi connectivity index (χ1n) is 5.72. The minimum absolute atomic E-state index is 0.214. The number of rotatable bonds is 3. The summed E-state index contributed by atoms with van der Waals surface area (Å²) in [4.78, 5) is 10.3. The molecular weight excluding hydrogens is 250 g/mol. The lowest BCUT2D eigenvalue weighted by atomic mass is 10.1. The molecule has 0 unspecified atom stereocenters. The van der Waals surface area contributed by atoms with Crippen LogP contribution in [-0.2, 0) is 0 Å². The second-order valence-corrected chi connectivity index (χ2v) is 5.34. The molecule has 1 aromatic heterocycles. The number of anilines is 1. The molecule has 0 radical (unpaired) electrons. The van der Waals surface area contributed by atoms with Gasteiger partial charge in [-0.25, -0.2) is 4.98 Å². The summed E-state index contributed by atoms with van der Waals surface area (Å²) in [6.07, 6.45) is 0. The summed E-state index contributed by atoms with van der Waals surface area (Å²) < 4.78 is 0. The summed E-state index contributed by atoms with van der Waals surface area (Å²) in [6, 6.07) is 7.68. The number of benzene rings is 1. The normalized spacial score (nSPS) is 11.8. The maximum absolute atomic E-state index is 9.87. The van der Waals surface area contributed by atoms with Crippen molar-refractivity contribution in [1.82, 2.24) is 9.97 Å². The number of aromatic nitrogens is 2. The number of halogens is 1. The molecule has 0 saturated heterocycles. The van der Waals surface area contributed by atoms with Gasteiger partial charge in [0.2, 0.25) is 5.28 Å². The van der Waals surface area contributed by atoms with Crippen LogP contribution < -0.4 is 4.90 Å². The van der Waals surface area contributed by atoms with Gasteiger partial charge in [-0.05, 0) is 37.6 Å². The summed E-state index contributed by atoms with van der Waals surface area (Å²) in [5.41, 5.74) is 0.00268. The van der Waals surface area contributed by atoms with Gasteiger partial charge in [0.05, 0.1) is 11.1 Å². The Labute approximate surface area is 111 Å². The standard InChI is InChI=1S/C13H16ClN3O/c1-13(2,18)8-17(3)11-9-6-4-5-7-10(9)15-12(14)16-11/h4-7,18H,8H2,1-3H3. The van der Waals surface area contributed by atoms with Gasteiger partial charge in [0.1, 0.15) is 5.82 Å². The van der Waals surface area contributed by atoms with Crippen molar-refractivity contribution in [2.24, 2.45) is 0 Å². The van der Waals surface area contributed by atoms with E-state index in [1.165, 1.54) is 0 Å². The molecule has 96 valence electrons. The second-order valence-electron chi connectivity index (χ2n) is 5.00. The molecule has 1 aromatic carbocycles. The molecule has 0 aliphatic heterocycles. The number of hydrogen-bond acceptors (Lipinski definition) is 4. The van der Waals surface area contributed by atoms with Gasteiger partial charge in [-0.1, -0.05) is 12.1 Å². The zero-order valence-corrected chi connectivity index (χ0v) is 11.4. The van der Waals surface area contributed by atoms with Gasteiger partial charge < -0.3 is 10.0 Å². The fourth-order valence-electron chi connectivity index (χ4n) is 1.98. The molecule has 0 saturated carbocycles. The number of para-hydroxylation sites is 1. The molecule has 2 rings (SSSR count).